The number of carbonyl (C=O) groups excluding carboxylic acids is 1. The third-order valence-corrected chi connectivity index (χ3v) is 5.81. The first kappa shape index (κ1) is 20.5. The van der Waals surface area contributed by atoms with Crippen LogP contribution in [-0.2, 0) is 16.6 Å². The largest absolute Gasteiger partial charge is 0.348 e. The van der Waals surface area contributed by atoms with E-state index in [9.17, 15) is 17.6 Å². The van der Waals surface area contributed by atoms with Gasteiger partial charge in [-0.2, -0.15) is 0 Å². The molecule has 0 radical (unpaired) electrons. The highest BCUT2D eigenvalue weighted by Crippen LogP contribution is 2.20. The Kier molecular flexibility index (Phi) is 5.98. The third-order valence-electron chi connectivity index (χ3n) is 4.43. The van der Waals surface area contributed by atoms with Crippen molar-refractivity contribution in [2.75, 3.05) is 4.72 Å². The number of hydrogen-bond donors (Lipinski definition) is 2. The molecule has 0 unspecified atom stereocenters. The molecule has 0 saturated heterocycles. The average molecular weight is 412 g/mol. The summed E-state index contributed by atoms with van der Waals surface area (Å²) in [4.78, 5) is 12.6. The first-order valence-corrected chi connectivity index (χ1v) is 10.5. The quantitative estimate of drug-likeness (QED) is 0.638. The van der Waals surface area contributed by atoms with E-state index in [1.54, 1.807) is 49.4 Å². The van der Waals surface area contributed by atoms with Gasteiger partial charge in [-0.05, 0) is 55.3 Å². The van der Waals surface area contributed by atoms with Crippen LogP contribution >= 0.6 is 0 Å². The number of carbonyl (C=O) groups is 1. The van der Waals surface area contributed by atoms with Gasteiger partial charge in [0, 0.05) is 23.4 Å². The maximum Gasteiger partial charge on any atom is 0.261 e. The average Bonchev–Trinajstić information content (AvgIpc) is 2.67. The maximum atomic E-state index is 13.7. The number of anilines is 1. The zero-order valence-corrected chi connectivity index (χ0v) is 16.9. The molecule has 2 N–H and O–H groups in total. The number of nitrogens with one attached hydrogen (secondary N) is 2. The van der Waals surface area contributed by atoms with Crippen LogP contribution in [0.15, 0.2) is 71.6 Å². The van der Waals surface area contributed by atoms with Gasteiger partial charge in [0.2, 0.25) is 0 Å². The summed E-state index contributed by atoms with van der Waals surface area (Å²) < 4.78 is 41.7. The number of halogens is 1. The van der Waals surface area contributed by atoms with Gasteiger partial charge in [0.05, 0.1) is 4.90 Å². The normalized spacial score (nSPS) is 11.1. The first-order chi connectivity index (χ1) is 13.8. The summed E-state index contributed by atoms with van der Waals surface area (Å²) in [5.74, 6) is -0.887. The third kappa shape index (κ3) is 5.00. The minimum Gasteiger partial charge on any atom is -0.348 e. The molecular weight excluding hydrogens is 391 g/mol. The molecule has 0 fully saturated rings. The van der Waals surface area contributed by atoms with Crippen molar-refractivity contribution in [3.05, 3.63) is 94.8 Å². The van der Waals surface area contributed by atoms with Crippen molar-refractivity contribution < 1.29 is 17.6 Å². The standard InChI is InChI=1S/C22H21FN2O3S/c1-15-6-5-8-18(12-15)25-29(27,28)19-11-10-16(2)20(13-19)22(26)24-14-17-7-3-4-9-21(17)23/h3-13,25H,14H2,1-2H3,(H,24,26). The second-order valence-corrected chi connectivity index (χ2v) is 8.41. The Morgan fingerprint density at radius 1 is 0.966 bits per heavy atom. The van der Waals surface area contributed by atoms with Crippen LogP contribution < -0.4 is 10.0 Å². The summed E-state index contributed by atoms with van der Waals surface area (Å²) in [6, 6.07) is 17.5. The molecular formula is C22H21FN2O3S. The van der Waals surface area contributed by atoms with Crippen molar-refractivity contribution in [1.29, 1.82) is 0 Å². The van der Waals surface area contributed by atoms with Crippen LogP contribution in [0.25, 0.3) is 0 Å². The van der Waals surface area contributed by atoms with E-state index in [2.05, 4.69) is 10.0 Å². The van der Waals surface area contributed by atoms with Gasteiger partial charge in [-0.3, -0.25) is 9.52 Å². The number of amides is 1. The van der Waals surface area contributed by atoms with Gasteiger partial charge >= 0.3 is 0 Å². The summed E-state index contributed by atoms with van der Waals surface area (Å²) in [5.41, 5.74) is 2.54. The van der Waals surface area contributed by atoms with Crippen molar-refractivity contribution in [3.63, 3.8) is 0 Å². The lowest BCUT2D eigenvalue weighted by atomic mass is 10.1. The Labute approximate surface area is 169 Å². The second kappa shape index (κ2) is 8.45. The molecule has 0 spiro atoms. The van der Waals surface area contributed by atoms with Gasteiger partial charge in [-0.25, -0.2) is 12.8 Å². The zero-order chi connectivity index (χ0) is 21.0. The fourth-order valence-electron chi connectivity index (χ4n) is 2.85. The van der Waals surface area contributed by atoms with Crippen molar-refractivity contribution in [2.24, 2.45) is 0 Å². The summed E-state index contributed by atoms with van der Waals surface area (Å²) in [6.07, 6.45) is 0. The molecule has 0 heterocycles. The highest BCUT2D eigenvalue weighted by molar-refractivity contribution is 7.92. The number of sulfonamides is 1. The molecule has 0 aliphatic carbocycles. The summed E-state index contributed by atoms with van der Waals surface area (Å²) >= 11 is 0. The summed E-state index contributed by atoms with van der Waals surface area (Å²) in [5, 5.41) is 2.64. The first-order valence-electron chi connectivity index (χ1n) is 8.98. The second-order valence-electron chi connectivity index (χ2n) is 6.73. The van der Waals surface area contributed by atoms with Crippen LogP contribution in [0.4, 0.5) is 10.1 Å². The smallest absolute Gasteiger partial charge is 0.261 e. The van der Waals surface area contributed by atoms with Gasteiger partial charge in [0.15, 0.2) is 0 Å². The molecule has 0 atom stereocenters. The molecule has 0 aliphatic heterocycles. The highest BCUT2D eigenvalue weighted by Gasteiger charge is 2.18. The molecule has 3 rings (SSSR count). The number of benzene rings is 3. The van der Waals surface area contributed by atoms with Crippen LogP contribution in [0.2, 0.25) is 0 Å². The van der Waals surface area contributed by atoms with Gasteiger partial charge in [-0.1, -0.05) is 36.4 Å². The van der Waals surface area contributed by atoms with E-state index in [4.69, 9.17) is 0 Å². The highest BCUT2D eigenvalue weighted by atomic mass is 32.2. The Bertz CT molecular complexity index is 1160. The molecule has 1 amide bonds. The molecule has 0 bridgehead atoms. The summed E-state index contributed by atoms with van der Waals surface area (Å²) in [6.45, 7) is 3.58. The van der Waals surface area contributed by atoms with Gasteiger partial charge < -0.3 is 5.32 Å². The minimum atomic E-state index is -3.87. The van der Waals surface area contributed by atoms with Crippen LogP contribution in [0.5, 0.6) is 0 Å². The van der Waals surface area contributed by atoms with Gasteiger partial charge in [0.1, 0.15) is 5.82 Å². The monoisotopic (exact) mass is 412 g/mol. The SMILES string of the molecule is Cc1cccc(NS(=O)(=O)c2ccc(C)c(C(=O)NCc3ccccc3F)c2)c1. The Morgan fingerprint density at radius 2 is 1.72 bits per heavy atom. The van der Waals surface area contributed by atoms with E-state index in [1.165, 1.54) is 18.2 Å². The Balaban J connectivity index is 1.81. The van der Waals surface area contributed by atoms with E-state index < -0.39 is 21.7 Å². The predicted molar refractivity (Wildman–Crippen MR) is 111 cm³/mol. The van der Waals surface area contributed by atoms with Crippen LogP contribution in [0.3, 0.4) is 0 Å². The Morgan fingerprint density at radius 3 is 2.45 bits per heavy atom. The Hall–Kier alpha value is -3.19. The van der Waals surface area contributed by atoms with E-state index >= 15 is 0 Å². The molecule has 0 aromatic heterocycles. The molecule has 0 aliphatic rings. The molecule has 7 heteroatoms. The van der Waals surface area contributed by atoms with E-state index in [-0.39, 0.29) is 17.0 Å². The van der Waals surface area contributed by atoms with Crippen molar-refractivity contribution in [2.45, 2.75) is 25.3 Å². The van der Waals surface area contributed by atoms with Crippen molar-refractivity contribution in [3.8, 4) is 0 Å². The topological polar surface area (TPSA) is 75.3 Å². The van der Waals surface area contributed by atoms with Gasteiger partial charge in [0.25, 0.3) is 15.9 Å². The number of rotatable bonds is 6. The van der Waals surface area contributed by atoms with Crippen LogP contribution in [0.1, 0.15) is 27.0 Å². The molecule has 5 nitrogen and oxygen atoms in total. The maximum absolute atomic E-state index is 13.7. The van der Waals surface area contributed by atoms with E-state index in [0.29, 0.717) is 16.8 Å². The fraction of sp³-hybridized carbons (Fsp3) is 0.136. The lowest BCUT2D eigenvalue weighted by molar-refractivity contribution is 0.0949. The van der Waals surface area contributed by atoms with E-state index in [1.807, 2.05) is 13.0 Å². The molecule has 29 heavy (non-hydrogen) atoms. The number of aryl methyl sites for hydroxylation is 2. The van der Waals surface area contributed by atoms with Crippen LogP contribution in [-0.4, -0.2) is 14.3 Å². The predicted octanol–water partition coefficient (Wildman–Crippen LogP) is 4.17. The molecule has 3 aromatic rings. The summed E-state index contributed by atoms with van der Waals surface area (Å²) in [7, 11) is -3.87. The van der Waals surface area contributed by atoms with Crippen molar-refractivity contribution >= 4 is 21.6 Å². The van der Waals surface area contributed by atoms with Crippen LogP contribution in [0, 0.1) is 19.7 Å². The molecule has 3 aromatic carbocycles. The molecule has 0 saturated carbocycles. The number of hydrogen-bond acceptors (Lipinski definition) is 3. The lowest BCUT2D eigenvalue weighted by Gasteiger charge is -2.12. The zero-order valence-electron chi connectivity index (χ0n) is 16.1. The fourth-order valence-corrected chi connectivity index (χ4v) is 3.92. The van der Waals surface area contributed by atoms with Gasteiger partial charge in [-0.15, -0.1) is 0 Å². The van der Waals surface area contributed by atoms with Crippen molar-refractivity contribution in [1.82, 2.24) is 5.32 Å². The lowest BCUT2D eigenvalue weighted by Crippen LogP contribution is -2.24. The van der Waals surface area contributed by atoms with E-state index in [0.717, 1.165) is 5.56 Å². The minimum absolute atomic E-state index is 0.00344. The molecule has 150 valence electrons.